The van der Waals surface area contributed by atoms with Crippen molar-refractivity contribution in [1.82, 2.24) is 9.80 Å². The SMILES string of the molecule is CCC(CC(=O)O)N1CCN(CC(C)C)CC1. The molecule has 1 atom stereocenters. The minimum atomic E-state index is -0.679. The van der Waals surface area contributed by atoms with Crippen molar-refractivity contribution in [2.24, 2.45) is 5.92 Å². The minimum absolute atomic E-state index is 0.216. The van der Waals surface area contributed by atoms with Crippen LogP contribution in [0.3, 0.4) is 0 Å². The molecule has 100 valence electrons. The molecule has 0 aromatic rings. The molecule has 0 bridgehead atoms. The average molecular weight is 242 g/mol. The number of piperazine rings is 1. The number of nitrogens with zero attached hydrogens (tertiary/aromatic N) is 2. The van der Waals surface area contributed by atoms with Crippen LogP contribution in [0.5, 0.6) is 0 Å². The fourth-order valence-electron chi connectivity index (χ4n) is 2.56. The van der Waals surface area contributed by atoms with Crippen LogP contribution < -0.4 is 0 Å². The summed E-state index contributed by atoms with van der Waals surface area (Å²) < 4.78 is 0. The van der Waals surface area contributed by atoms with Crippen molar-refractivity contribution < 1.29 is 9.90 Å². The molecule has 0 amide bonds. The first-order valence-corrected chi connectivity index (χ1v) is 6.71. The highest BCUT2D eigenvalue weighted by Crippen LogP contribution is 2.13. The van der Waals surface area contributed by atoms with Crippen molar-refractivity contribution in [1.29, 1.82) is 0 Å². The molecule has 0 aliphatic carbocycles. The second kappa shape index (κ2) is 6.97. The van der Waals surface area contributed by atoms with Crippen molar-refractivity contribution in [3.63, 3.8) is 0 Å². The maximum atomic E-state index is 10.8. The van der Waals surface area contributed by atoms with Gasteiger partial charge in [-0.2, -0.15) is 0 Å². The lowest BCUT2D eigenvalue weighted by atomic mass is 10.1. The zero-order valence-corrected chi connectivity index (χ0v) is 11.4. The third-order valence-electron chi connectivity index (χ3n) is 3.43. The molecule has 4 nitrogen and oxygen atoms in total. The Kier molecular flexibility index (Phi) is 5.92. The lowest BCUT2D eigenvalue weighted by Gasteiger charge is -2.39. The lowest BCUT2D eigenvalue weighted by molar-refractivity contribution is -0.138. The van der Waals surface area contributed by atoms with E-state index in [1.807, 2.05) is 0 Å². The first-order chi connectivity index (χ1) is 8.02. The Bertz CT molecular complexity index is 236. The Labute approximate surface area is 105 Å². The third kappa shape index (κ3) is 5.04. The second-order valence-corrected chi connectivity index (χ2v) is 5.39. The molecule has 0 aromatic heterocycles. The molecular formula is C13H26N2O2. The Hall–Kier alpha value is -0.610. The van der Waals surface area contributed by atoms with Gasteiger partial charge in [-0.1, -0.05) is 20.8 Å². The predicted molar refractivity (Wildman–Crippen MR) is 69.2 cm³/mol. The number of carboxylic acid groups (broad SMARTS) is 1. The molecule has 4 heteroatoms. The van der Waals surface area contributed by atoms with E-state index in [4.69, 9.17) is 5.11 Å². The van der Waals surface area contributed by atoms with Gasteiger partial charge < -0.3 is 10.0 Å². The molecular weight excluding hydrogens is 216 g/mol. The van der Waals surface area contributed by atoms with Gasteiger partial charge in [0, 0.05) is 38.8 Å². The number of aliphatic carboxylic acids is 1. The van der Waals surface area contributed by atoms with Crippen LogP contribution in [0.25, 0.3) is 0 Å². The molecule has 0 saturated carbocycles. The van der Waals surface area contributed by atoms with E-state index < -0.39 is 5.97 Å². The van der Waals surface area contributed by atoms with Crippen molar-refractivity contribution in [3.05, 3.63) is 0 Å². The second-order valence-electron chi connectivity index (χ2n) is 5.39. The first-order valence-electron chi connectivity index (χ1n) is 6.71. The number of rotatable bonds is 6. The molecule has 1 N–H and O–H groups in total. The van der Waals surface area contributed by atoms with E-state index in [2.05, 4.69) is 30.6 Å². The maximum absolute atomic E-state index is 10.8. The van der Waals surface area contributed by atoms with Gasteiger partial charge in [0.2, 0.25) is 0 Å². The maximum Gasteiger partial charge on any atom is 0.304 e. The number of carbonyl (C=O) groups is 1. The van der Waals surface area contributed by atoms with Crippen LogP contribution in [0.1, 0.15) is 33.6 Å². The van der Waals surface area contributed by atoms with Crippen LogP contribution in [-0.4, -0.2) is 59.6 Å². The Morgan fingerprint density at radius 3 is 2.24 bits per heavy atom. The van der Waals surface area contributed by atoms with Gasteiger partial charge in [0.25, 0.3) is 0 Å². The van der Waals surface area contributed by atoms with Gasteiger partial charge in [0.15, 0.2) is 0 Å². The van der Waals surface area contributed by atoms with Crippen LogP contribution in [0.15, 0.2) is 0 Å². The van der Waals surface area contributed by atoms with E-state index >= 15 is 0 Å². The summed E-state index contributed by atoms with van der Waals surface area (Å²) in [5.74, 6) is 0.0315. The highest BCUT2D eigenvalue weighted by molar-refractivity contribution is 5.67. The summed E-state index contributed by atoms with van der Waals surface area (Å²) in [5, 5.41) is 8.88. The summed E-state index contributed by atoms with van der Waals surface area (Å²) in [6.45, 7) is 11.9. The Morgan fingerprint density at radius 1 is 1.24 bits per heavy atom. The highest BCUT2D eigenvalue weighted by atomic mass is 16.4. The van der Waals surface area contributed by atoms with Crippen LogP contribution >= 0.6 is 0 Å². The fourth-order valence-corrected chi connectivity index (χ4v) is 2.56. The van der Waals surface area contributed by atoms with Crippen molar-refractivity contribution in [3.8, 4) is 0 Å². The standard InChI is InChI=1S/C13H26N2O2/c1-4-12(9-13(16)17)15-7-5-14(6-8-15)10-11(2)3/h11-12H,4-10H2,1-3H3,(H,16,17). The molecule has 0 radical (unpaired) electrons. The first kappa shape index (κ1) is 14.5. The predicted octanol–water partition coefficient (Wildman–Crippen LogP) is 1.51. The van der Waals surface area contributed by atoms with Gasteiger partial charge in [-0.25, -0.2) is 0 Å². The Balaban J connectivity index is 2.36. The third-order valence-corrected chi connectivity index (χ3v) is 3.43. The minimum Gasteiger partial charge on any atom is -0.481 e. The average Bonchev–Trinajstić information content (AvgIpc) is 2.26. The highest BCUT2D eigenvalue weighted by Gasteiger charge is 2.24. The summed E-state index contributed by atoms with van der Waals surface area (Å²) in [6.07, 6.45) is 1.21. The molecule has 1 saturated heterocycles. The van der Waals surface area contributed by atoms with Crippen molar-refractivity contribution in [2.75, 3.05) is 32.7 Å². The number of hydrogen-bond donors (Lipinski definition) is 1. The topological polar surface area (TPSA) is 43.8 Å². The van der Waals surface area contributed by atoms with Crippen LogP contribution in [0.2, 0.25) is 0 Å². The van der Waals surface area contributed by atoms with Crippen LogP contribution in [0, 0.1) is 5.92 Å². The Morgan fingerprint density at radius 2 is 1.82 bits per heavy atom. The number of carboxylic acids is 1. The van der Waals surface area contributed by atoms with Gasteiger partial charge >= 0.3 is 5.97 Å². The number of hydrogen-bond acceptors (Lipinski definition) is 3. The zero-order valence-electron chi connectivity index (χ0n) is 11.4. The summed E-state index contributed by atoms with van der Waals surface area (Å²) in [7, 11) is 0. The molecule has 0 spiro atoms. The normalized spacial score (nSPS) is 20.7. The lowest BCUT2D eigenvalue weighted by Crippen LogP contribution is -2.51. The smallest absolute Gasteiger partial charge is 0.304 e. The molecule has 1 unspecified atom stereocenters. The van der Waals surface area contributed by atoms with E-state index in [1.165, 1.54) is 0 Å². The van der Waals surface area contributed by atoms with Gasteiger partial charge in [-0.05, 0) is 12.3 Å². The molecule has 1 aliphatic heterocycles. The van der Waals surface area contributed by atoms with Gasteiger partial charge in [-0.15, -0.1) is 0 Å². The van der Waals surface area contributed by atoms with E-state index in [9.17, 15) is 4.79 Å². The molecule has 17 heavy (non-hydrogen) atoms. The monoisotopic (exact) mass is 242 g/mol. The summed E-state index contributed by atoms with van der Waals surface area (Å²) in [6, 6.07) is 0.216. The van der Waals surface area contributed by atoms with E-state index in [0.717, 1.165) is 39.1 Å². The molecule has 0 aromatic carbocycles. The molecule has 1 rings (SSSR count). The van der Waals surface area contributed by atoms with E-state index in [1.54, 1.807) is 0 Å². The fraction of sp³-hybridized carbons (Fsp3) is 0.923. The summed E-state index contributed by atoms with van der Waals surface area (Å²) in [4.78, 5) is 15.6. The van der Waals surface area contributed by atoms with Gasteiger partial charge in [-0.3, -0.25) is 9.69 Å². The van der Waals surface area contributed by atoms with Crippen LogP contribution in [0.4, 0.5) is 0 Å². The van der Waals surface area contributed by atoms with Crippen LogP contribution in [-0.2, 0) is 4.79 Å². The van der Waals surface area contributed by atoms with Crippen molar-refractivity contribution >= 4 is 5.97 Å². The summed E-state index contributed by atoms with van der Waals surface area (Å²) in [5.41, 5.74) is 0. The molecule has 1 aliphatic rings. The van der Waals surface area contributed by atoms with E-state index in [0.29, 0.717) is 5.92 Å². The largest absolute Gasteiger partial charge is 0.481 e. The summed E-state index contributed by atoms with van der Waals surface area (Å²) >= 11 is 0. The van der Waals surface area contributed by atoms with Crippen molar-refractivity contribution in [2.45, 2.75) is 39.7 Å². The van der Waals surface area contributed by atoms with Gasteiger partial charge in [0.05, 0.1) is 6.42 Å². The van der Waals surface area contributed by atoms with E-state index in [-0.39, 0.29) is 12.5 Å². The van der Waals surface area contributed by atoms with Gasteiger partial charge in [0.1, 0.15) is 0 Å². The zero-order chi connectivity index (χ0) is 12.8. The molecule has 1 heterocycles. The molecule has 1 fully saturated rings. The quantitative estimate of drug-likeness (QED) is 0.767.